The molecular formula is C39H48N8O3S. The smallest absolute Gasteiger partial charge is 0.268 e. The normalized spacial score (nSPS) is 17.1. The number of anilines is 2. The summed E-state index contributed by atoms with van der Waals surface area (Å²) >= 11 is 1.30. The average molecular weight is 709 g/mol. The number of para-hydroxylation sites is 1. The van der Waals surface area contributed by atoms with Gasteiger partial charge >= 0.3 is 0 Å². The maximum atomic E-state index is 14.0. The van der Waals surface area contributed by atoms with Crippen molar-refractivity contribution < 1.29 is 14.3 Å². The largest absolute Gasteiger partial charge is 0.481 e. The second kappa shape index (κ2) is 14.9. The molecule has 1 saturated heterocycles. The molecule has 1 N–H and O–H groups in total. The minimum absolute atomic E-state index is 0.0352. The molecular weight excluding hydrogens is 661 g/mol. The van der Waals surface area contributed by atoms with Crippen LogP contribution in [0.5, 0.6) is 5.75 Å². The minimum Gasteiger partial charge on any atom is -0.481 e. The van der Waals surface area contributed by atoms with Crippen molar-refractivity contribution in [2.75, 3.05) is 23.4 Å². The van der Waals surface area contributed by atoms with E-state index < -0.39 is 11.4 Å². The van der Waals surface area contributed by atoms with Gasteiger partial charge in [0.15, 0.2) is 11.4 Å². The molecule has 2 aliphatic rings. The Morgan fingerprint density at radius 3 is 2.29 bits per heavy atom. The Bertz CT molecular complexity index is 1880. The van der Waals surface area contributed by atoms with E-state index in [1.807, 2.05) is 36.4 Å². The average Bonchev–Trinajstić information content (AvgIpc) is 3.91. The van der Waals surface area contributed by atoms with Gasteiger partial charge in [-0.25, -0.2) is 0 Å². The Morgan fingerprint density at radius 1 is 0.941 bits per heavy atom. The number of hydrogen-bond acceptors (Lipinski definition) is 9. The van der Waals surface area contributed by atoms with Gasteiger partial charge in [0.2, 0.25) is 5.16 Å². The highest BCUT2D eigenvalue weighted by Crippen LogP contribution is 2.39. The van der Waals surface area contributed by atoms with Gasteiger partial charge in [-0.15, -0.1) is 5.10 Å². The fraction of sp³-hybridized carbons (Fsp3) is 0.436. The lowest BCUT2D eigenvalue weighted by atomic mass is 9.76. The van der Waals surface area contributed by atoms with Crippen LogP contribution in [-0.4, -0.2) is 67.2 Å². The molecule has 2 unspecified atom stereocenters. The van der Waals surface area contributed by atoms with Crippen LogP contribution < -0.4 is 15.1 Å². The number of benzene rings is 3. The molecule has 0 saturated carbocycles. The maximum Gasteiger partial charge on any atom is 0.268 e. The molecule has 0 spiro atoms. The Hall–Kier alpha value is -4.71. The lowest BCUT2D eigenvalue weighted by molar-refractivity contribution is -0.122. The fourth-order valence-corrected chi connectivity index (χ4v) is 7.17. The van der Waals surface area contributed by atoms with E-state index in [1.165, 1.54) is 22.3 Å². The molecule has 2 aliphatic heterocycles. The molecule has 6 rings (SSSR count). The highest BCUT2D eigenvalue weighted by Gasteiger charge is 2.42. The number of amidine groups is 1. The lowest BCUT2D eigenvalue weighted by Crippen LogP contribution is -2.37. The first-order chi connectivity index (χ1) is 24.4. The molecule has 0 bridgehead atoms. The summed E-state index contributed by atoms with van der Waals surface area (Å²) in [6.07, 6.45) is 3.30. The second-order valence-electron chi connectivity index (χ2n) is 14.5. The van der Waals surface area contributed by atoms with Gasteiger partial charge < -0.3 is 15.0 Å². The Balaban J connectivity index is 1.16. The van der Waals surface area contributed by atoms with Crippen molar-refractivity contribution in [2.24, 2.45) is 5.10 Å². The summed E-state index contributed by atoms with van der Waals surface area (Å²) in [6.45, 7) is 16.7. The third kappa shape index (κ3) is 7.66. The number of rotatable bonds is 12. The summed E-state index contributed by atoms with van der Waals surface area (Å²) in [6, 6.07) is 23.1. The summed E-state index contributed by atoms with van der Waals surface area (Å²) in [5.41, 5.74) is 4.28. The van der Waals surface area contributed by atoms with Crippen LogP contribution in [-0.2, 0) is 20.4 Å². The standard InChI is InChI=1S/C39H48N8O3S/c1-8-38(4,5)27-17-22-32(31(25-27)39(6,7)9-2)50-26(3)35(48)40-28-18-20-30(21-19-28)46-36(49)33(34(42-46)45-23-13-14-24-45)51-37-41-43-44-47(37)29-15-11-10-12-16-29/h10-12,15-22,25-26,33H,8-9,13-14,23-24H2,1-7H3,(H,40,48). The summed E-state index contributed by atoms with van der Waals surface area (Å²) < 4.78 is 7.97. The minimum atomic E-state index is -0.737. The van der Waals surface area contributed by atoms with Gasteiger partial charge in [-0.05, 0) is 102 Å². The molecule has 1 fully saturated rings. The summed E-state index contributed by atoms with van der Waals surface area (Å²) in [5.74, 6) is 0.980. The van der Waals surface area contributed by atoms with Crippen LogP contribution in [0.1, 0.15) is 85.3 Å². The predicted octanol–water partition coefficient (Wildman–Crippen LogP) is 7.36. The molecule has 1 aromatic heterocycles. The van der Waals surface area contributed by atoms with Gasteiger partial charge in [-0.3, -0.25) is 9.59 Å². The highest BCUT2D eigenvalue weighted by atomic mass is 32.2. The van der Waals surface area contributed by atoms with E-state index in [0.717, 1.165) is 55.8 Å². The van der Waals surface area contributed by atoms with Crippen molar-refractivity contribution in [3.8, 4) is 11.4 Å². The first-order valence-corrected chi connectivity index (χ1v) is 18.7. The van der Waals surface area contributed by atoms with E-state index >= 15 is 0 Å². The van der Waals surface area contributed by atoms with E-state index in [0.29, 0.717) is 22.4 Å². The number of hydrogen-bond donors (Lipinski definition) is 1. The number of ether oxygens (including phenoxy) is 1. The van der Waals surface area contributed by atoms with Gasteiger partial charge in [-0.2, -0.15) is 14.8 Å². The molecule has 11 nitrogen and oxygen atoms in total. The van der Waals surface area contributed by atoms with Crippen LogP contribution in [0.4, 0.5) is 11.4 Å². The van der Waals surface area contributed by atoms with E-state index in [-0.39, 0.29) is 22.6 Å². The summed E-state index contributed by atoms with van der Waals surface area (Å²) in [5, 5.41) is 21.4. The molecule has 3 aromatic carbocycles. The van der Waals surface area contributed by atoms with Crippen LogP contribution in [0.25, 0.3) is 5.69 Å². The van der Waals surface area contributed by atoms with Gasteiger partial charge in [0.05, 0.1) is 11.4 Å². The van der Waals surface area contributed by atoms with E-state index in [9.17, 15) is 9.59 Å². The van der Waals surface area contributed by atoms with Crippen molar-refractivity contribution in [3.05, 3.63) is 83.9 Å². The van der Waals surface area contributed by atoms with Crippen LogP contribution in [0.15, 0.2) is 83.1 Å². The monoisotopic (exact) mass is 708 g/mol. The number of aromatic nitrogens is 4. The molecule has 268 valence electrons. The van der Waals surface area contributed by atoms with Crippen molar-refractivity contribution in [1.82, 2.24) is 25.1 Å². The van der Waals surface area contributed by atoms with Gasteiger partial charge in [0.1, 0.15) is 11.6 Å². The van der Waals surface area contributed by atoms with Gasteiger partial charge in [0, 0.05) is 24.3 Å². The SMILES string of the molecule is CCC(C)(C)c1ccc(OC(C)C(=O)Nc2ccc(N3N=C(N4CCCC4)C(Sc4nnnn4-c4ccccc4)C3=O)cc2)c(C(C)(C)CC)c1. The van der Waals surface area contributed by atoms with Gasteiger partial charge in [0.25, 0.3) is 11.8 Å². The zero-order chi connectivity index (χ0) is 36.3. The van der Waals surface area contributed by atoms with Crippen LogP contribution in [0.2, 0.25) is 0 Å². The highest BCUT2D eigenvalue weighted by molar-refractivity contribution is 8.01. The Kier molecular flexibility index (Phi) is 10.5. The molecule has 0 aliphatic carbocycles. The molecule has 12 heteroatoms. The zero-order valence-electron chi connectivity index (χ0n) is 30.6. The van der Waals surface area contributed by atoms with E-state index in [4.69, 9.17) is 9.84 Å². The molecule has 4 aromatic rings. The molecule has 2 atom stereocenters. The Labute approximate surface area is 304 Å². The number of carbonyl (C=O) groups is 2. The van der Waals surface area contributed by atoms with Crippen LogP contribution >= 0.6 is 11.8 Å². The number of hydrazone groups is 1. The maximum absolute atomic E-state index is 14.0. The molecule has 2 amide bonds. The number of thioether (sulfide) groups is 1. The quantitative estimate of drug-likeness (QED) is 0.162. The number of amides is 2. The van der Waals surface area contributed by atoms with Crippen molar-refractivity contribution in [2.45, 2.75) is 101 Å². The van der Waals surface area contributed by atoms with Crippen molar-refractivity contribution >= 4 is 40.8 Å². The topological polar surface area (TPSA) is 118 Å². The summed E-state index contributed by atoms with van der Waals surface area (Å²) in [7, 11) is 0. The number of likely N-dealkylation sites (tertiary alicyclic amines) is 1. The van der Waals surface area contributed by atoms with E-state index in [1.54, 1.807) is 35.9 Å². The van der Waals surface area contributed by atoms with Crippen LogP contribution in [0.3, 0.4) is 0 Å². The molecule has 51 heavy (non-hydrogen) atoms. The van der Waals surface area contributed by atoms with Crippen LogP contribution in [0, 0.1) is 0 Å². The lowest BCUT2D eigenvalue weighted by Gasteiger charge is -2.31. The number of nitrogens with zero attached hydrogens (tertiary/aromatic N) is 7. The third-order valence-electron chi connectivity index (χ3n) is 10.3. The number of nitrogens with one attached hydrogen (secondary N) is 1. The fourth-order valence-electron chi connectivity index (χ4n) is 6.13. The third-order valence-corrected chi connectivity index (χ3v) is 11.4. The zero-order valence-corrected chi connectivity index (χ0v) is 31.4. The molecule has 3 heterocycles. The Morgan fingerprint density at radius 2 is 1.63 bits per heavy atom. The van der Waals surface area contributed by atoms with Crippen molar-refractivity contribution in [1.29, 1.82) is 0 Å². The van der Waals surface area contributed by atoms with Gasteiger partial charge in [-0.1, -0.05) is 83.6 Å². The first kappa shape index (κ1) is 36.1. The second-order valence-corrected chi connectivity index (χ2v) is 15.6. The van der Waals surface area contributed by atoms with Crippen molar-refractivity contribution in [3.63, 3.8) is 0 Å². The first-order valence-electron chi connectivity index (χ1n) is 17.8. The van der Waals surface area contributed by atoms with E-state index in [2.05, 4.69) is 79.4 Å². The molecule has 0 radical (unpaired) electrons. The number of carbonyl (C=O) groups excluding carboxylic acids is 2. The predicted molar refractivity (Wildman–Crippen MR) is 203 cm³/mol. The number of tetrazole rings is 1. The summed E-state index contributed by atoms with van der Waals surface area (Å²) in [4.78, 5) is 29.5.